The predicted octanol–water partition coefficient (Wildman–Crippen LogP) is 1.68. The van der Waals surface area contributed by atoms with Crippen LogP contribution < -0.4 is 5.14 Å². The van der Waals surface area contributed by atoms with Crippen molar-refractivity contribution in [3.05, 3.63) is 23.6 Å². The van der Waals surface area contributed by atoms with Crippen molar-refractivity contribution in [2.75, 3.05) is 0 Å². The molecule has 0 heterocycles. The maximum absolute atomic E-state index is 5.16. The van der Waals surface area contributed by atoms with Gasteiger partial charge in [-0.15, -0.1) is 0 Å². The third-order valence-electron chi connectivity index (χ3n) is 0.538. The molecule has 0 spiro atoms. The van der Waals surface area contributed by atoms with Crippen molar-refractivity contribution in [3.63, 3.8) is 0 Å². The normalized spacial score (nSPS) is 11.4. The minimum Gasteiger partial charge on any atom is -0.274 e. The summed E-state index contributed by atoms with van der Waals surface area (Å²) in [6.07, 6.45) is 3.58. The quantitative estimate of drug-likeness (QED) is 0.437. The van der Waals surface area contributed by atoms with E-state index in [2.05, 4.69) is 6.58 Å². The second kappa shape index (κ2) is 3.96. The standard InChI is InChI=1S/C5H9NS/c1-3-4-5(2)7-6/h3-4H,1,6H2,2H3/b5-4+. The zero-order valence-corrected chi connectivity index (χ0v) is 5.16. The van der Waals surface area contributed by atoms with Gasteiger partial charge in [-0.1, -0.05) is 30.7 Å². The van der Waals surface area contributed by atoms with E-state index in [-0.39, 0.29) is 0 Å². The van der Waals surface area contributed by atoms with Gasteiger partial charge in [0.15, 0.2) is 0 Å². The van der Waals surface area contributed by atoms with Gasteiger partial charge in [0.05, 0.1) is 0 Å². The Kier molecular flexibility index (Phi) is 3.84. The monoisotopic (exact) mass is 115 g/mol. The highest BCUT2D eigenvalue weighted by molar-refractivity contribution is 8.00. The van der Waals surface area contributed by atoms with Crippen LogP contribution >= 0.6 is 11.9 Å². The first-order valence-corrected chi connectivity index (χ1v) is 2.85. The first kappa shape index (κ1) is 6.79. The second-order valence-corrected chi connectivity index (χ2v) is 2.01. The zero-order valence-electron chi connectivity index (χ0n) is 4.35. The summed E-state index contributed by atoms with van der Waals surface area (Å²) in [5, 5.41) is 5.16. The molecule has 0 aromatic heterocycles. The first-order chi connectivity index (χ1) is 3.31. The average molecular weight is 115 g/mol. The maximum atomic E-state index is 5.16. The van der Waals surface area contributed by atoms with Crippen molar-refractivity contribution in [2.45, 2.75) is 6.92 Å². The number of hydrogen-bond acceptors (Lipinski definition) is 2. The van der Waals surface area contributed by atoms with Crippen LogP contribution in [0.1, 0.15) is 6.92 Å². The molecule has 0 fully saturated rings. The fraction of sp³-hybridized carbons (Fsp3) is 0.200. The molecule has 0 saturated heterocycles. The van der Waals surface area contributed by atoms with Crippen molar-refractivity contribution in [1.82, 2.24) is 0 Å². The minimum absolute atomic E-state index is 1.08. The third kappa shape index (κ3) is 3.62. The molecule has 0 aliphatic heterocycles. The molecular formula is C5H9NS. The summed E-state index contributed by atoms with van der Waals surface area (Å²) in [6.45, 7) is 5.44. The van der Waals surface area contributed by atoms with Gasteiger partial charge in [-0.05, 0) is 11.8 Å². The highest BCUT2D eigenvalue weighted by atomic mass is 32.2. The number of rotatable bonds is 2. The Morgan fingerprint density at radius 1 is 1.86 bits per heavy atom. The number of hydrogen-bond donors (Lipinski definition) is 1. The van der Waals surface area contributed by atoms with Crippen LogP contribution in [-0.2, 0) is 0 Å². The summed E-state index contributed by atoms with van der Waals surface area (Å²) >= 11 is 1.24. The molecule has 0 radical (unpaired) electrons. The molecule has 2 heteroatoms. The minimum atomic E-state index is 1.08. The van der Waals surface area contributed by atoms with Gasteiger partial charge in [-0.25, -0.2) is 0 Å². The van der Waals surface area contributed by atoms with Crippen molar-refractivity contribution in [2.24, 2.45) is 5.14 Å². The van der Waals surface area contributed by atoms with Gasteiger partial charge in [0.1, 0.15) is 0 Å². The number of allylic oxidation sites excluding steroid dienone is 3. The molecule has 7 heavy (non-hydrogen) atoms. The Bertz CT molecular complexity index is 86.1. The van der Waals surface area contributed by atoms with E-state index in [4.69, 9.17) is 5.14 Å². The topological polar surface area (TPSA) is 26.0 Å². The van der Waals surface area contributed by atoms with Gasteiger partial charge in [-0.3, -0.25) is 5.14 Å². The zero-order chi connectivity index (χ0) is 5.70. The lowest BCUT2D eigenvalue weighted by Gasteiger charge is -1.85. The molecular weight excluding hydrogens is 106 g/mol. The van der Waals surface area contributed by atoms with E-state index in [1.807, 2.05) is 13.0 Å². The van der Waals surface area contributed by atoms with Crippen LogP contribution in [0.2, 0.25) is 0 Å². The van der Waals surface area contributed by atoms with Gasteiger partial charge >= 0.3 is 0 Å². The first-order valence-electron chi connectivity index (χ1n) is 1.97. The molecule has 0 saturated carbocycles. The van der Waals surface area contributed by atoms with E-state index >= 15 is 0 Å². The third-order valence-corrected chi connectivity index (χ3v) is 1.05. The lowest BCUT2D eigenvalue weighted by atomic mass is 10.5. The SMILES string of the molecule is C=C/C=C(\C)SN. The fourth-order valence-corrected chi connectivity index (χ4v) is 0.380. The lowest BCUT2D eigenvalue weighted by molar-refractivity contribution is 1.67. The van der Waals surface area contributed by atoms with Gasteiger partial charge in [0.25, 0.3) is 0 Å². The van der Waals surface area contributed by atoms with Crippen molar-refractivity contribution in [1.29, 1.82) is 0 Å². The van der Waals surface area contributed by atoms with Crippen LogP contribution in [0.15, 0.2) is 23.6 Å². The summed E-state index contributed by atoms with van der Waals surface area (Å²) in [7, 11) is 0. The second-order valence-electron chi connectivity index (χ2n) is 1.13. The van der Waals surface area contributed by atoms with Crippen LogP contribution in [0.5, 0.6) is 0 Å². The van der Waals surface area contributed by atoms with E-state index in [0.29, 0.717) is 0 Å². The summed E-state index contributed by atoms with van der Waals surface area (Å²) in [6, 6.07) is 0. The molecule has 0 aromatic carbocycles. The summed E-state index contributed by atoms with van der Waals surface area (Å²) in [5.41, 5.74) is 0. The molecule has 0 amide bonds. The van der Waals surface area contributed by atoms with E-state index < -0.39 is 0 Å². The Hall–Kier alpha value is -0.210. The Morgan fingerprint density at radius 2 is 2.43 bits per heavy atom. The van der Waals surface area contributed by atoms with Gasteiger partial charge in [0.2, 0.25) is 0 Å². The molecule has 40 valence electrons. The largest absolute Gasteiger partial charge is 0.274 e. The molecule has 0 aliphatic carbocycles. The molecule has 0 bridgehead atoms. The van der Waals surface area contributed by atoms with E-state index in [1.54, 1.807) is 6.08 Å². The highest BCUT2D eigenvalue weighted by Crippen LogP contribution is 2.03. The van der Waals surface area contributed by atoms with Crippen LogP contribution in [-0.4, -0.2) is 0 Å². The van der Waals surface area contributed by atoms with Gasteiger partial charge in [-0.2, -0.15) is 0 Å². The Morgan fingerprint density at radius 3 is 2.57 bits per heavy atom. The predicted molar refractivity (Wildman–Crippen MR) is 35.7 cm³/mol. The van der Waals surface area contributed by atoms with Gasteiger partial charge < -0.3 is 0 Å². The molecule has 0 atom stereocenters. The molecule has 0 rings (SSSR count). The smallest absolute Gasteiger partial charge is 0.00302 e. The van der Waals surface area contributed by atoms with E-state index in [9.17, 15) is 0 Å². The maximum Gasteiger partial charge on any atom is -0.00302 e. The van der Waals surface area contributed by atoms with Crippen molar-refractivity contribution >= 4 is 11.9 Å². The summed E-state index contributed by atoms with van der Waals surface area (Å²) < 4.78 is 0. The fourth-order valence-electron chi connectivity index (χ4n) is 0.205. The summed E-state index contributed by atoms with van der Waals surface area (Å²) in [5.74, 6) is 0. The van der Waals surface area contributed by atoms with Crippen LogP contribution in [0.3, 0.4) is 0 Å². The Labute approximate surface area is 48.4 Å². The van der Waals surface area contributed by atoms with Gasteiger partial charge in [0, 0.05) is 0 Å². The van der Waals surface area contributed by atoms with E-state index in [0.717, 1.165) is 4.91 Å². The molecule has 1 nitrogen and oxygen atoms in total. The number of nitrogens with two attached hydrogens (primary N) is 1. The molecule has 0 aliphatic rings. The van der Waals surface area contributed by atoms with Crippen LogP contribution in [0, 0.1) is 0 Å². The summed E-state index contributed by atoms with van der Waals surface area (Å²) in [4.78, 5) is 1.08. The lowest BCUT2D eigenvalue weighted by Crippen LogP contribution is -1.74. The Balaban J connectivity index is 3.49. The average Bonchev–Trinajstić information content (AvgIpc) is 1.68. The van der Waals surface area contributed by atoms with Crippen molar-refractivity contribution < 1.29 is 0 Å². The van der Waals surface area contributed by atoms with Crippen LogP contribution in [0.25, 0.3) is 0 Å². The highest BCUT2D eigenvalue weighted by Gasteiger charge is 1.75. The molecule has 0 unspecified atom stereocenters. The van der Waals surface area contributed by atoms with E-state index in [1.165, 1.54) is 11.9 Å². The molecule has 2 N–H and O–H groups in total. The van der Waals surface area contributed by atoms with Crippen molar-refractivity contribution in [3.8, 4) is 0 Å². The van der Waals surface area contributed by atoms with Crippen LogP contribution in [0.4, 0.5) is 0 Å². The molecule has 0 aromatic rings.